The minimum Gasteiger partial charge on any atom is -0.457 e. The van der Waals surface area contributed by atoms with Crippen molar-refractivity contribution in [1.29, 1.82) is 0 Å². The van der Waals surface area contributed by atoms with Gasteiger partial charge in [0.05, 0.1) is 16.4 Å². The van der Waals surface area contributed by atoms with Crippen LogP contribution >= 0.6 is 11.6 Å². The van der Waals surface area contributed by atoms with E-state index in [1.165, 1.54) is 6.07 Å². The first kappa shape index (κ1) is 28.6. The maximum absolute atomic E-state index is 12.8. The molecule has 1 aromatic carbocycles. The Labute approximate surface area is 210 Å². The van der Waals surface area contributed by atoms with Gasteiger partial charge in [-0.05, 0) is 89.3 Å². The van der Waals surface area contributed by atoms with Gasteiger partial charge in [0.1, 0.15) is 6.10 Å². The predicted octanol–water partition coefficient (Wildman–Crippen LogP) is 7.44. The maximum atomic E-state index is 12.8. The van der Waals surface area contributed by atoms with Gasteiger partial charge in [0.25, 0.3) is 5.69 Å². The van der Waals surface area contributed by atoms with Crippen LogP contribution in [0.15, 0.2) is 18.2 Å². The molecule has 2 fully saturated rings. The third kappa shape index (κ3) is 5.59. The van der Waals surface area contributed by atoms with Crippen molar-refractivity contribution in [3.8, 4) is 0 Å². The quantitative estimate of drug-likeness (QED) is 0.223. The fraction of sp³-hybridized carbons (Fsp3) is 0.741. The van der Waals surface area contributed by atoms with Gasteiger partial charge >= 0.3 is 5.97 Å². The summed E-state index contributed by atoms with van der Waals surface area (Å²) in [6.07, 6.45) is 2.35. The molecule has 0 aromatic heterocycles. The molecule has 4 atom stereocenters. The number of fused-ring (bicyclic) bond motifs is 2. The highest BCUT2D eigenvalue weighted by Gasteiger charge is 2.63. The standard InChI is InChI=1S/C19H24ClNO4.C8H19N/c1-11(14-6-5-13(20)10-16(14)21(23)24)25-17(22)15-9-12-7-8-19(15,4)18(12,2)3;1-6-9(7(2)3)8(4)5/h5-6,10-12,15H,7-9H2,1-4H3;7-8H,6H2,1-5H3/t11-,12?,15?,19+;/m1./s1. The molecule has 0 saturated heterocycles. The molecule has 0 radical (unpaired) electrons. The summed E-state index contributed by atoms with van der Waals surface area (Å²) in [6, 6.07) is 5.81. The third-order valence-corrected chi connectivity index (χ3v) is 8.93. The van der Waals surface area contributed by atoms with Crippen LogP contribution in [0.1, 0.15) is 93.2 Å². The van der Waals surface area contributed by atoms with Gasteiger partial charge in [-0.25, -0.2) is 0 Å². The number of benzene rings is 1. The van der Waals surface area contributed by atoms with Crippen LogP contribution in [-0.2, 0) is 9.53 Å². The van der Waals surface area contributed by atoms with Crippen molar-refractivity contribution in [1.82, 2.24) is 4.90 Å². The van der Waals surface area contributed by atoms with E-state index in [4.69, 9.17) is 16.3 Å². The summed E-state index contributed by atoms with van der Waals surface area (Å²) in [5.74, 6) is 0.153. The van der Waals surface area contributed by atoms with Gasteiger partial charge in [0.2, 0.25) is 0 Å². The Kier molecular flexibility index (Phi) is 9.20. The molecule has 2 bridgehead atoms. The number of nitro benzene ring substituents is 1. The zero-order valence-electron chi connectivity index (χ0n) is 22.4. The SMILES string of the molecule is CCN(C(C)C)C(C)C.C[C@@H](OC(=O)C1CC2CC[C@]1(C)C2(C)C)c1ccc(Cl)cc1[N+](=O)[O-]. The van der Waals surface area contributed by atoms with Crippen LogP contribution in [0, 0.1) is 32.8 Å². The van der Waals surface area contributed by atoms with Crippen LogP contribution in [0.5, 0.6) is 0 Å². The zero-order valence-corrected chi connectivity index (χ0v) is 23.1. The first-order valence-electron chi connectivity index (χ1n) is 12.6. The summed E-state index contributed by atoms with van der Waals surface area (Å²) in [7, 11) is 0. The van der Waals surface area contributed by atoms with Crippen molar-refractivity contribution >= 4 is 23.3 Å². The first-order valence-corrected chi connectivity index (χ1v) is 12.9. The predicted molar refractivity (Wildman–Crippen MR) is 138 cm³/mol. The number of esters is 1. The van der Waals surface area contributed by atoms with Crippen molar-refractivity contribution in [2.45, 2.75) is 99.8 Å². The molecule has 7 heteroatoms. The average Bonchev–Trinajstić information content (AvgIpc) is 3.07. The molecule has 2 unspecified atom stereocenters. The Morgan fingerprint density at radius 2 is 1.79 bits per heavy atom. The molecule has 6 nitrogen and oxygen atoms in total. The first-order chi connectivity index (χ1) is 15.7. The number of hydrogen-bond donors (Lipinski definition) is 0. The van der Waals surface area contributed by atoms with Crippen molar-refractivity contribution in [3.63, 3.8) is 0 Å². The molecule has 2 saturated carbocycles. The van der Waals surface area contributed by atoms with E-state index in [0.29, 0.717) is 23.6 Å². The largest absolute Gasteiger partial charge is 0.457 e. The lowest BCUT2D eigenvalue weighted by Crippen LogP contribution is -2.37. The Morgan fingerprint density at radius 3 is 2.18 bits per heavy atom. The lowest BCUT2D eigenvalue weighted by molar-refractivity contribution is -0.386. The molecule has 3 rings (SSSR count). The molecule has 192 valence electrons. The second-order valence-electron chi connectivity index (χ2n) is 11.2. The van der Waals surface area contributed by atoms with Crippen molar-refractivity contribution in [2.24, 2.45) is 22.7 Å². The highest BCUT2D eigenvalue weighted by Crippen LogP contribution is 2.68. The van der Waals surface area contributed by atoms with E-state index in [0.717, 1.165) is 25.8 Å². The van der Waals surface area contributed by atoms with Gasteiger partial charge in [-0.1, -0.05) is 39.3 Å². The minimum absolute atomic E-state index is 0.0690. The van der Waals surface area contributed by atoms with Crippen LogP contribution in [0.2, 0.25) is 5.02 Å². The van der Waals surface area contributed by atoms with E-state index in [9.17, 15) is 14.9 Å². The monoisotopic (exact) mass is 494 g/mol. The topological polar surface area (TPSA) is 72.7 Å². The lowest BCUT2D eigenvalue weighted by Gasteiger charge is -2.38. The molecular weight excluding hydrogens is 452 g/mol. The van der Waals surface area contributed by atoms with Crippen LogP contribution in [0.25, 0.3) is 0 Å². The molecule has 0 amide bonds. The van der Waals surface area contributed by atoms with Crippen LogP contribution in [0.4, 0.5) is 5.69 Å². The van der Waals surface area contributed by atoms with Crippen LogP contribution in [0.3, 0.4) is 0 Å². The van der Waals surface area contributed by atoms with Crippen molar-refractivity contribution in [3.05, 3.63) is 38.9 Å². The van der Waals surface area contributed by atoms with E-state index in [1.807, 2.05) is 0 Å². The number of halogens is 1. The molecule has 2 aliphatic rings. The summed E-state index contributed by atoms with van der Waals surface area (Å²) < 4.78 is 5.68. The van der Waals surface area contributed by atoms with E-state index < -0.39 is 11.0 Å². The fourth-order valence-electron chi connectivity index (χ4n) is 6.23. The van der Waals surface area contributed by atoms with Gasteiger partial charge in [-0.2, -0.15) is 0 Å². The number of hydrogen-bond acceptors (Lipinski definition) is 5. The van der Waals surface area contributed by atoms with Gasteiger partial charge in [-0.3, -0.25) is 19.8 Å². The maximum Gasteiger partial charge on any atom is 0.310 e. The van der Waals surface area contributed by atoms with Crippen molar-refractivity contribution in [2.75, 3.05) is 6.54 Å². The number of nitro groups is 1. The Balaban J connectivity index is 0.000000387. The van der Waals surface area contributed by atoms with Crippen LogP contribution < -0.4 is 0 Å². The number of carbonyl (C=O) groups is 1. The number of rotatable bonds is 7. The molecule has 0 heterocycles. The van der Waals surface area contributed by atoms with E-state index in [-0.39, 0.29) is 33.4 Å². The minimum atomic E-state index is -0.684. The van der Waals surface area contributed by atoms with Gasteiger partial charge in [-0.15, -0.1) is 0 Å². The second-order valence-corrected chi connectivity index (χ2v) is 11.7. The smallest absolute Gasteiger partial charge is 0.310 e. The Bertz CT molecular complexity index is 877. The third-order valence-electron chi connectivity index (χ3n) is 8.69. The summed E-state index contributed by atoms with van der Waals surface area (Å²) >= 11 is 5.86. The fourth-order valence-corrected chi connectivity index (χ4v) is 6.39. The normalized spacial score (nSPS) is 25.9. The van der Waals surface area contributed by atoms with E-state index in [2.05, 4.69) is 60.3 Å². The molecule has 0 spiro atoms. The van der Waals surface area contributed by atoms with E-state index >= 15 is 0 Å². The van der Waals surface area contributed by atoms with Gasteiger partial charge < -0.3 is 4.74 Å². The zero-order chi connectivity index (χ0) is 26.0. The summed E-state index contributed by atoms with van der Waals surface area (Å²) in [6.45, 7) is 20.7. The molecule has 0 N–H and O–H groups in total. The van der Waals surface area contributed by atoms with Gasteiger partial charge in [0.15, 0.2) is 0 Å². The number of carbonyl (C=O) groups excluding carboxylic acids is 1. The molecule has 1 aromatic rings. The lowest BCUT2D eigenvalue weighted by atomic mass is 9.67. The number of nitrogens with zero attached hydrogens (tertiary/aromatic N) is 2. The molecule has 34 heavy (non-hydrogen) atoms. The average molecular weight is 495 g/mol. The second kappa shape index (κ2) is 10.9. The van der Waals surface area contributed by atoms with Crippen LogP contribution in [-0.4, -0.2) is 34.4 Å². The highest BCUT2D eigenvalue weighted by molar-refractivity contribution is 6.30. The Hall–Kier alpha value is -1.66. The van der Waals surface area contributed by atoms with E-state index in [1.54, 1.807) is 19.1 Å². The number of ether oxygens (including phenoxy) is 1. The summed E-state index contributed by atoms with van der Waals surface area (Å²) in [5, 5.41) is 11.6. The van der Waals surface area contributed by atoms with Crippen molar-refractivity contribution < 1.29 is 14.5 Å². The molecular formula is C27H43ClN2O4. The summed E-state index contributed by atoms with van der Waals surface area (Å²) in [5.41, 5.74) is 0.301. The molecule has 2 aliphatic carbocycles. The Morgan fingerprint density at radius 1 is 1.21 bits per heavy atom. The molecule has 0 aliphatic heterocycles. The highest BCUT2D eigenvalue weighted by atomic mass is 35.5. The summed E-state index contributed by atoms with van der Waals surface area (Å²) in [4.78, 5) is 26.1. The van der Waals surface area contributed by atoms with Gasteiger partial charge in [0, 0.05) is 23.2 Å².